The molecule has 0 saturated carbocycles. The first-order valence-corrected chi connectivity index (χ1v) is 10.0. The van der Waals surface area contributed by atoms with Gasteiger partial charge in [-0.2, -0.15) is 0 Å². The van der Waals surface area contributed by atoms with E-state index in [2.05, 4.69) is 10.6 Å². The number of ether oxygens (including phenoxy) is 1. The molecular formula is C19H23N3O5S. The summed E-state index contributed by atoms with van der Waals surface area (Å²) in [5.41, 5.74) is 0.766. The molecule has 0 spiro atoms. The Labute approximate surface area is 164 Å². The summed E-state index contributed by atoms with van der Waals surface area (Å²) in [4.78, 5) is 24.5. The minimum Gasteiger partial charge on any atom is -0.493 e. The van der Waals surface area contributed by atoms with Gasteiger partial charge in [0.15, 0.2) is 0 Å². The molecule has 9 heteroatoms. The van der Waals surface area contributed by atoms with Gasteiger partial charge < -0.3 is 15.4 Å². The van der Waals surface area contributed by atoms with Crippen molar-refractivity contribution < 1.29 is 22.7 Å². The molecule has 0 fully saturated rings. The second-order valence-electron chi connectivity index (χ2n) is 5.97. The van der Waals surface area contributed by atoms with Gasteiger partial charge in [0.25, 0.3) is 5.91 Å². The molecule has 0 aliphatic carbocycles. The lowest BCUT2D eigenvalue weighted by molar-refractivity contribution is -0.115. The van der Waals surface area contributed by atoms with Crippen molar-refractivity contribution in [3.05, 3.63) is 54.1 Å². The number of hydrogen-bond donors (Lipinski definition) is 2. The minimum atomic E-state index is -3.53. The zero-order valence-electron chi connectivity index (χ0n) is 15.9. The van der Waals surface area contributed by atoms with Crippen LogP contribution in [0.15, 0.2) is 53.4 Å². The third-order valence-corrected chi connectivity index (χ3v) is 5.59. The first-order valence-electron chi connectivity index (χ1n) is 8.58. The van der Waals surface area contributed by atoms with E-state index in [0.29, 0.717) is 23.6 Å². The number of carbonyl (C=O) groups excluding carboxylic acids is 2. The van der Waals surface area contributed by atoms with E-state index in [1.807, 2.05) is 6.92 Å². The maximum atomic E-state index is 12.3. The molecule has 2 amide bonds. The van der Waals surface area contributed by atoms with Crippen LogP contribution in [0.4, 0.5) is 5.69 Å². The minimum absolute atomic E-state index is 0.122. The van der Waals surface area contributed by atoms with Crippen LogP contribution in [0.3, 0.4) is 0 Å². The second-order valence-corrected chi connectivity index (χ2v) is 8.12. The number of anilines is 1. The number of sulfonamides is 1. The number of amides is 2. The molecule has 8 nitrogen and oxygen atoms in total. The summed E-state index contributed by atoms with van der Waals surface area (Å²) >= 11 is 0. The Morgan fingerprint density at radius 1 is 1.04 bits per heavy atom. The van der Waals surface area contributed by atoms with Gasteiger partial charge in [-0.1, -0.05) is 12.1 Å². The van der Waals surface area contributed by atoms with Crippen LogP contribution in [0.25, 0.3) is 0 Å². The van der Waals surface area contributed by atoms with Crippen LogP contribution in [0, 0.1) is 0 Å². The van der Waals surface area contributed by atoms with Crippen molar-refractivity contribution >= 4 is 27.5 Å². The molecule has 0 aliphatic heterocycles. The van der Waals surface area contributed by atoms with Crippen LogP contribution >= 0.6 is 0 Å². The lowest BCUT2D eigenvalue weighted by atomic mass is 10.2. The van der Waals surface area contributed by atoms with Crippen LogP contribution in [-0.4, -0.2) is 51.8 Å². The average molecular weight is 405 g/mol. The Kier molecular flexibility index (Phi) is 7.13. The maximum Gasteiger partial charge on any atom is 0.255 e. The van der Waals surface area contributed by atoms with Crippen LogP contribution in [0.1, 0.15) is 17.3 Å². The monoisotopic (exact) mass is 405 g/mol. The molecular weight excluding hydrogens is 382 g/mol. The van der Waals surface area contributed by atoms with E-state index >= 15 is 0 Å². The Morgan fingerprint density at radius 3 is 2.29 bits per heavy atom. The SMILES string of the molecule is CCOc1ccccc1C(=O)NCC(=O)Nc1ccc(S(=O)(=O)N(C)C)cc1. The topological polar surface area (TPSA) is 105 Å². The van der Waals surface area contributed by atoms with Gasteiger partial charge in [0.05, 0.1) is 23.6 Å². The smallest absolute Gasteiger partial charge is 0.255 e. The van der Waals surface area contributed by atoms with Gasteiger partial charge in [-0.3, -0.25) is 9.59 Å². The Balaban J connectivity index is 1.95. The summed E-state index contributed by atoms with van der Waals surface area (Å²) < 4.78 is 30.6. The standard InChI is InChI=1S/C19H23N3O5S/c1-4-27-17-8-6-5-7-16(17)19(24)20-13-18(23)21-14-9-11-15(12-10-14)28(25,26)22(2)3/h5-12H,4,13H2,1-3H3,(H,20,24)(H,21,23). The summed E-state index contributed by atoms with van der Waals surface area (Å²) in [7, 11) is -0.648. The molecule has 0 atom stereocenters. The van der Waals surface area contributed by atoms with Crippen LogP contribution in [0.2, 0.25) is 0 Å². The second kappa shape index (κ2) is 9.34. The quantitative estimate of drug-likeness (QED) is 0.696. The summed E-state index contributed by atoms with van der Waals surface area (Å²) in [6.45, 7) is 2.00. The van der Waals surface area contributed by atoms with Gasteiger partial charge in [-0.05, 0) is 43.3 Å². The highest BCUT2D eigenvalue weighted by molar-refractivity contribution is 7.89. The van der Waals surface area contributed by atoms with E-state index in [0.717, 1.165) is 4.31 Å². The fourth-order valence-electron chi connectivity index (χ4n) is 2.32. The average Bonchev–Trinajstić information content (AvgIpc) is 2.67. The number of hydrogen-bond acceptors (Lipinski definition) is 5. The first kappa shape index (κ1) is 21.4. The van der Waals surface area contributed by atoms with Crippen molar-refractivity contribution in [3.8, 4) is 5.75 Å². The molecule has 2 N–H and O–H groups in total. The highest BCUT2D eigenvalue weighted by atomic mass is 32.2. The zero-order chi connectivity index (χ0) is 20.7. The highest BCUT2D eigenvalue weighted by Gasteiger charge is 2.17. The van der Waals surface area contributed by atoms with Gasteiger partial charge in [0.2, 0.25) is 15.9 Å². The van der Waals surface area contributed by atoms with E-state index < -0.39 is 21.8 Å². The van der Waals surface area contributed by atoms with Crippen molar-refractivity contribution in [2.24, 2.45) is 0 Å². The van der Waals surface area contributed by atoms with E-state index in [1.165, 1.54) is 38.4 Å². The Morgan fingerprint density at radius 2 is 1.68 bits per heavy atom. The molecule has 0 aromatic heterocycles. The summed E-state index contributed by atoms with van der Waals surface area (Å²) in [6.07, 6.45) is 0. The summed E-state index contributed by atoms with van der Waals surface area (Å²) in [5, 5.41) is 5.14. The van der Waals surface area contributed by atoms with Gasteiger partial charge in [0, 0.05) is 19.8 Å². The highest BCUT2D eigenvalue weighted by Crippen LogP contribution is 2.18. The molecule has 0 heterocycles. The number of rotatable bonds is 8. The van der Waals surface area contributed by atoms with Crippen molar-refractivity contribution in [1.82, 2.24) is 9.62 Å². The van der Waals surface area contributed by atoms with Crippen molar-refractivity contribution in [2.75, 3.05) is 32.6 Å². The van der Waals surface area contributed by atoms with Crippen LogP contribution in [-0.2, 0) is 14.8 Å². The molecule has 28 heavy (non-hydrogen) atoms. The largest absolute Gasteiger partial charge is 0.493 e. The van der Waals surface area contributed by atoms with Gasteiger partial charge in [0.1, 0.15) is 5.75 Å². The van der Waals surface area contributed by atoms with E-state index in [9.17, 15) is 18.0 Å². The molecule has 2 aromatic rings. The number of carbonyl (C=O) groups is 2. The fourth-order valence-corrected chi connectivity index (χ4v) is 3.22. The van der Waals surface area contributed by atoms with E-state index in [4.69, 9.17) is 4.74 Å². The maximum absolute atomic E-state index is 12.3. The normalized spacial score (nSPS) is 11.1. The lowest BCUT2D eigenvalue weighted by Gasteiger charge is -2.12. The molecule has 150 valence electrons. The van der Waals surface area contributed by atoms with E-state index in [1.54, 1.807) is 24.3 Å². The number of para-hydroxylation sites is 1. The number of nitrogens with zero attached hydrogens (tertiary/aromatic N) is 1. The Bertz CT molecular complexity index is 940. The Hall–Kier alpha value is -2.91. The van der Waals surface area contributed by atoms with E-state index in [-0.39, 0.29) is 11.4 Å². The predicted molar refractivity (Wildman–Crippen MR) is 106 cm³/mol. The molecule has 2 rings (SSSR count). The van der Waals surface area contributed by atoms with Crippen molar-refractivity contribution in [2.45, 2.75) is 11.8 Å². The molecule has 0 saturated heterocycles. The molecule has 2 aromatic carbocycles. The van der Waals surface area contributed by atoms with Crippen LogP contribution < -0.4 is 15.4 Å². The summed E-state index contributed by atoms with van der Waals surface area (Å²) in [5.74, 6) is -0.419. The fraction of sp³-hybridized carbons (Fsp3) is 0.263. The van der Waals surface area contributed by atoms with Crippen molar-refractivity contribution in [1.29, 1.82) is 0 Å². The van der Waals surface area contributed by atoms with Gasteiger partial charge >= 0.3 is 0 Å². The predicted octanol–water partition coefficient (Wildman–Crippen LogP) is 1.70. The van der Waals surface area contributed by atoms with Gasteiger partial charge in [-0.25, -0.2) is 12.7 Å². The van der Waals surface area contributed by atoms with Crippen molar-refractivity contribution in [3.63, 3.8) is 0 Å². The summed E-state index contributed by atoms with van der Waals surface area (Å²) in [6, 6.07) is 12.5. The molecule has 0 radical (unpaired) electrons. The molecule has 0 unspecified atom stereocenters. The first-order chi connectivity index (χ1) is 13.3. The van der Waals surface area contributed by atoms with Crippen LogP contribution in [0.5, 0.6) is 5.75 Å². The third-order valence-electron chi connectivity index (χ3n) is 3.76. The van der Waals surface area contributed by atoms with Gasteiger partial charge in [-0.15, -0.1) is 0 Å². The molecule has 0 bridgehead atoms. The number of nitrogens with one attached hydrogen (secondary N) is 2. The molecule has 0 aliphatic rings. The number of benzene rings is 2. The zero-order valence-corrected chi connectivity index (χ0v) is 16.7. The third kappa shape index (κ3) is 5.30. The lowest BCUT2D eigenvalue weighted by Crippen LogP contribution is -2.33.